The minimum atomic E-state index is 0. The molecule has 0 amide bonds. The number of fused-ring (bicyclic) bond motifs is 4. The van der Waals surface area contributed by atoms with Crippen molar-refractivity contribution in [3.05, 3.63) is 134 Å². The maximum atomic E-state index is 5.72. The van der Waals surface area contributed by atoms with Crippen molar-refractivity contribution in [2.45, 2.75) is 6.61 Å². The first kappa shape index (κ1) is 28.2. The number of nitrogens with zero attached hydrogens (tertiary/aromatic N) is 3. The van der Waals surface area contributed by atoms with Crippen LogP contribution in [0.1, 0.15) is 5.56 Å². The van der Waals surface area contributed by atoms with Gasteiger partial charge in [0.05, 0.1) is 6.61 Å². The molecule has 7 rings (SSSR count). The Bertz CT molecular complexity index is 1500. The third kappa shape index (κ3) is 5.77. The molecule has 0 aliphatic carbocycles. The second kappa shape index (κ2) is 12.8. The van der Waals surface area contributed by atoms with E-state index in [1.165, 1.54) is 11.4 Å². The SMILES string of the molecule is CN1[CH-]N(c2[c-]cccc2)c2ccccc21.[Ir+3].[Y].[c-]1ccccc1-c1[c-]cc2c(n1)-c1[c-]cccc1CO2. The van der Waals surface area contributed by atoms with E-state index in [1.54, 1.807) is 0 Å². The molecule has 0 atom stereocenters. The van der Waals surface area contributed by atoms with E-state index in [4.69, 9.17) is 4.74 Å². The Morgan fingerprint density at radius 2 is 1.55 bits per heavy atom. The summed E-state index contributed by atoms with van der Waals surface area (Å²) in [6, 6.07) is 44.7. The van der Waals surface area contributed by atoms with Gasteiger partial charge in [0.15, 0.2) is 0 Å². The summed E-state index contributed by atoms with van der Waals surface area (Å²) in [5.74, 6) is 0.764. The predicted molar refractivity (Wildman–Crippen MR) is 143 cm³/mol. The van der Waals surface area contributed by atoms with Gasteiger partial charge in [-0.2, -0.15) is 61.3 Å². The molecule has 0 unspecified atom stereocenters. The Labute approximate surface area is 262 Å². The molecule has 1 aromatic heterocycles. The molecular formula is C32H22IrN3OY-2. The molecule has 0 spiro atoms. The molecule has 4 aromatic carbocycles. The predicted octanol–water partition coefficient (Wildman–Crippen LogP) is 6.90. The zero-order valence-electron chi connectivity index (χ0n) is 20.7. The van der Waals surface area contributed by atoms with Gasteiger partial charge in [-0.15, -0.1) is 47.3 Å². The van der Waals surface area contributed by atoms with Crippen molar-refractivity contribution in [3.63, 3.8) is 0 Å². The van der Waals surface area contributed by atoms with E-state index in [0.29, 0.717) is 6.61 Å². The zero-order valence-corrected chi connectivity index (χ0v) is 25.9. The Hall–Kier alpha value is -2.82. The third-order valence-corrected chi connectivity index (χ3v) is 6.09. The summed E-state index contributed by atoms with van der Waals surface area (Å²) in [4.78, 5) is 8.95. The summed E-state index contributed by atoms with van der Waals surface area (Å²) in [6.45, 7) is 2.64. The van der Waals surface area contributed by atoms with E-state index in [-0.39, 0.29) is 52.8 Å². The first-order valence-electron chi connectivity index (χ1n) is 11.7. The monoisotopic (exact) mass is 746 g/mol. The average molecular weight is 746 g/mol. The van der Waals surface area contributed by atoms with Crippen LogP contribution < -0.4 is 14.5 Å². The van der Waals surface area contributed by atoms with Crippen LogP contribution in [0.5, 0.6) is 5.75 Å². The van der Waals surface area contributed by atoms with E-state index < -0.39 is 0 Å². The van der Waals surface area contributed by atoms with Crippen LogP contribution in [-0.2, 0) is 59.4 Å². The Morgan fingerprint density at radius 1 is 0.816 bits per heavy atom. The molecule has 6 heteroatoms. The summed E-state index contributed by atoms with van der Waals surface area (Å²) in [6.07, 6.45) is 0. The molecule has 185 valence electrons. The summed E-state index contributed by atoms with van der Waals surface area (Å²) >= 11 is 0. The van der Waals surface area contributed by atoms with Gasteiger partial charge in [-0.3, -0.25) is 0 Å². The van der Waals surface area contributed by atoms with Crippen LogP contribution >= 0.6 is 0 Å². The molecule has 2 aliphatic rings. The number of rotatable bonds is 2. The average Bonchev–Trinajstić information content (AvgIpc) is 3.30. The van der Waals surface area contributed by atoms with Crippen molar-refractivity contribution >= 4 is 17.1 Å². The molecule has 2 aliphatic heterocycles. The fraction of sp³-hybridized carbons (Fsp3) is 0.0625. The number of anilines is 3. The molecule has 0 N–H and O–H groups in total. The minimum Gasteiger partial charge on any atom is -0.562 e. The fourth-order valence-electron chi connectivity index (χ4n) is 4.33. The third-order valence-electron chi connectivity index (χ3n) is 6.09. The van der Waals surface area contributed by atoms with E-state index in [0.717, 1.165) is 39.5 Å². The Balaban J connectivity index is 0.000000172. The van der Waals surface area contributed by atoms with E-state index in [2.05, 4.69) is 83.1 Å². The number of para-hydroxylation sites is 3. The zero-order chi connectivity index (χ0) is 24.3. The van der Waals surface area contributed by atoms with Crippen LogP contribution in [0.15, 0.2) is 97.1 Å². The number of benzene rings is 4. The molecule has 3 heterocycles. The maximum Gasteiger partial charge on any atom is 3.00 e. The molecule has 0 saturated heterocycles. The molecule has 5 aromatic rings. The number of pyridine rings is 1. The van der Waals surface area contributed by atoms with Crippen molar-refractivity contribution < 1.29 is 57.6 Å². The summed E-state index contributed by atoms with van der Waals surface area (Å²) in [5.41, 5.74) is 8.15. The molecule has 0 saturated carbocycles. The Kier molecular flexibility index (Phi) is 9.51. The maximum absolute atomic E-state index is 5.72. The van der Waals surface area contributed by atoms with Gasteiger partial charge in [0, 0.05) is 49.8 Å². The summed E-state index contributed by atoms with van der Waals surface area (Å²) in [7, 11) is 2.06. The van der Waals surface area contributed by atoms with E-state index in [9.17, 15) is 0 Å². The fourth-order valence-corrected chi connectivity index (χ4v) is 4.33. The van der Waals surface area contributed by atoms with Crippen LogP contribution in [0.3, 0.4) is 0 Å². The van der Waals surface area contributed by atoms with Crippen molar-refractivity contribution in [3.8, 4) is 28.3 Å². The van der Waals surface area contributed by atoms with E-state index >= 15 is 0 Å². The van der Waals surface area contributed by atoms with Crippen LogP contribution in [-0.4, -0.2) is 12.0 Å². The largest absolute Gasteiger partial charge is 3.00 e. The molecule has 38 heavy (non-hydrogen) atoms. The quantitative estimate of drug-likeness (QED) is 0.184. The summed E-state index contributed by atoms with van der Waals surface area (Å²) < 4.78 is 5.72. The molecular weight excluding hydrogens is 723 g/mol. The van der Waals surface area contributed by atoms with Crippen LogP contribution in [0.2, 0.25) is 0 Å². The number of ether oxygens (including phenoxy) is 1. The van der Waals surface area contributed by atoms with Gasteiger partial charge < -0.3 is 19.5 Å². The van der Waals surface area contributed by atoms with Gasteiger partial charge in [-0.1, -0.05) is 17.7 Å². The number of hydrogen-bond donors (Lipinski definition) is 0. The Morgan fingerprint density at radius 3 is 2.32 bits per heavy atom. The normalized spacial score (nSPS) is 12.3. The molecule has 0 bridgehead atoms. The number of hydrogen-bond acceptors (Lipinski definition) is 4. The first-order chi connectivity index (χ1) is 17.8. The van der Waals surface area contributed by atoms with Gasteiger partial charge in [-0.25, -0.2) is 17.7 Å². The van der Waals surface area contributed by atoms with Gasteiger partial charge in [-0.05, 0) is 24.9 Å². The smallest absolute Gasteiger partial charge is 0.562 e. The standard InChI is InChI=1S/C18H10NO.C14H12N2.Ir.Y/c1-2-6-13(7-3-1)16-10-11-17-18(19-16)15-9-5-4-8-14(15)12-20-17;1-15-11-16(12-7-3-2-4-8-12)14-10-6-5-9-13(14)15;;/h1-6,8,11H,12H2;2-7,9-11H,1H3;;/q-3;-2;+3;. The summed E-state index contributed by atoms with van der Waals surface area (Å²) in [5, 5.41) is 0. The van der Waals surface area contributed by atoms with Crippen LogP contribution in [0.4, 0.5) is 17.1 Å². The van der Waals surface area contributed by atoms with Crippen molar-refractivity contribution in [1.82, 2.24) is 4.98 Å². The van der Waals surface area contributed by atoms with E-state index in [1.807, 2.05) is 66.7 Å². The topological polar surface area (TPSA) is 28.6 Å². The molecule has 1 radical (unpaired) electrons. The number of aromatic nitrogens is 1. The van der Waals surface area contributed by atoms with Crippen molar-refractivity contribution in [1.29, 1.82) is 0 Å². The minimum absolute atomic E-state index is 0. The second-order valence-electron chi connectivity index (χ2n) is 8.43. The van der Waals surface area contributed by atoms with Crippen molar-refractivity contribution in [2.75, 3.05) is 16.8 Å². The second-order valence-corrected chi connectivity index (χ2v) is 8.43. The van der Waals surface area contributed by atoms with Gasteiger partial charge in [0.2, 0.25) is 0 Å². The first-order valence-corrected chi connectivity index (χ1v) is 11.7. The van der Waals surface area contributed by atoms with Crippen LogP contribution in [0, 0.1) is 30.9 Å². The van der Waals surface area contributed by atoms with Gasteiger partial charge >= 0.3 is 20.1 Å². The molecule has 4 nitrogen and oxygen atoms in total. The van der Waals surface area contributed by atoms with Crippen molar-refractivity contribution in [2.24, 2.45) is 0 Å². The van der Waals surface area contributed by atoms with Gasteiger partial charge in [0.25, 0.3) is 0 Å². The molecule has 0 fully saturated rings. The van der Waals surface area contributed by atoms with Gasteiger partial charge in [0.1, 0.15) is 0 Å². The van der Waals surface area contributed by atoms with Crippen LogP contribution in [0.25, 0.3) is 22.5 Å².